The van der Waals surface area contributed by atoms with Crippen LogP contribution < -0.4 is 10.6 Å². The third-order valence-electron chi connectivity index (χ3n) is 4.81. The minimum absolute atomic E-state index is 0. The van der Waals surface area contributed by atoms with Crippen molar-refractivity contribution >= 4 is 36.4 Å². The van der Waals surface area contributed by atoms with Gasteiger partial charge in [0.1, 0.15) is 0 Å². The van der Waals surface area contributed by atoms with Crippen LogP contribution in [-0.2, 0) is 11.2 Å². The summed E-state index contributed by atoms with van der Waals surface area (Å²) in [6, 6.07) is 6.86. The van der Waals surface area contributed by atoms with Crippen LogP contribution in [0.15, 0.2) is 24.3 Å². The van der Waals surface area contributed by atoms with Crippen LogP contribution >= 0.6 is 24.8 Å². The van der Waals surface area contributed by atoms with Crippen LogP contribution in [0, 0.1) is 0 Å². The van der Waals surface area contributed by atoms with Crippen molar-refractivity contribution in [3.8, 4) is 0 Å². The van der Waals surface area contributed by atoms with Gasteiger partial charge in [-0.25, -0.2) is 8.78 Å². The summed E-state index contributed by atoms with van der Waals surface area (Å²) < 4.78 is 26.3. The second-order valence-electron chi connectivity index (χ2n) is 6.83. The van der Waals surface area contributed by atoms with E-state index in [2.05, 4.69) is 15.5 Å². The van der Waals surface area contributed by atoms with Gasteiger partial charge in [0.25, 0.3) is 5.92 Å². The normalized spacial score (nSPS) is 22.2. The molecule has 1 aromatic carbocycles. The van der Waals surface area contributed by atoms with E-state index >= 15 is 0 Å². The molecule has 2 aliphatic heterocycles. The summed E-state index contributed by atoms with van der Waals surface area (Å²) in [5.74, 6) is -3.19. The van der Waals surface area contributed by atoms with Crippen molar-refractivity contribution in [1.29, 1.82) is 0 Å². The Morgan fingerprint density at radius 2 is 1.81 bits per heavy atom. The Labute approximate surface area is 165 Å². The van der Waals surface area contributed by atoms with Gasteiger partial charge in [-0.05, 0) is 50.0 Å². The number of rotatable bonds is 5. The maximum Gasteiger partial charge on any atom is 0.262 e. The van der Waals surface area contributed by atoms with Gasteiger partial charge in [0, 0.05) is 18.7 Å². The smallest absolute Gasteiger partial charge is 0.262 e. The average Bonchev–Trinajstić information content (AvgIpc) is 2.95. The molecule has 26 heavy (non-hydrogen) atoms. The number of alkyl halides is 2. The molecule has 0 radical (unpaired) electrons. The summed E-state index contributed by atoms with van der Waals surface area (Å²) in [7, 11) is 0. The molecule has 2 aliphatic rings. The first kappa shape index (κ1) is 23.1. The third-order valence-corrected chi connectivity index (χ3v) is 4.81. The summed E-state index contributed by atoms with van der Waals surface area (Å²) in [5.41, 5.74) is 1.88. The molecule has 2 fully saturated rings. The highest BCUT2D eigenvalue weighted by atomic mass is 35.5. The van der Waals surface area contributed by atoms with E-state index in [4.69, 9.17) is 0 Å². The average molecular weight is 410 g/mol. The molecule has 8 heteroatoms. The molecule has 0 aliphatic carbocycles. The van der Waals surface area contributed by atoms with Crippen molar-refractivity contribution in [2.45, 2.75) is 44.1 Å². The van der Waals surface area contributed by atoms with Gasteiger partial charge < -0.3 is 10.2 Å². The van der Waals surface area contributed by atoms with Crippen LogP contribution in [0.5, 0.6) is 0 Å². The Balaban J connectivity index is 0.00000169. The molecule has 1 atom stereocenters. The highest BCUT2D eigenvalue weighted by Gasteiger charge is 2.42. The number of halogens is 4. The minimum Gasteiger partial charge on any atom is -0.325 e. The van der Waals surface area contributed by atoms with Crippen molar-refractivity contribution in [2.75, 3.05) is 31.5 Å². The number of likely N-dealkylation sites (tertiary alicyclic amines) is 1. The van der Waals surface area contributed by atoms with E-state index in [9.17, 15) is 13.6 Å². The molecule has 0 bridgehead atoms. The molecule has 1 aromatic rings. The quantitative estimate of drug-likeness (QED) is 0.781. The van der Waals surface area contributed by atoms with E-state index in [0.29, 0.717) is 5.69 Å². The molecule has 4 nitrogen and oxygen atoms in total. The topological polar surface area (TPSA) is 44.4 Å². The number of nitrogens with zero attached hydrogens (tertiary/aromatic N) is 1. The third kappa shape index (κ3) is 6.65. The SMILES string of the molecule is Cl.Cl.O=C(Nc1ccc(CCN2CCCCC2)cc1)C1CC(F)(F)CN1. The largest absolute Gasteiger partial charge is 0.325 e. The first-order chi connectivity index (χ1) is 11.5. The van der Waals surface area contributed by atoms with Crippen molar-refractivity contribution in [1.82, 2.24) is 10.2 Å². The van der Waals surface area contributed by atoms with Gasteiger partial charge in [-0.1, -0.05) is 18.6 Å². The number of piperidine rings is 1. The summed E-state index contributed by atoms with van der Waals surface area (Å²) in [5, 5.41) is 5.28. The number of carbonyl (C=O) groups excluding carboxylic acids is 1. The Morgan fingerprint density at radius 1 is 1.15 bits per heavy atom. The summed E-state index contributed by atoms with van der Waals surface area (Å²) in [6.45, 7) is 3.01. The van der Waals surface area contributed by atoms with Gasteiger partial charge >= 0.3 is 0 Å². The molecule has 2 heterocycles. The molecule has 2 N–H and O–H groups in total. The maximum atomic E-state index is 13.1. The molecular formula is C18H27Cl2F2N3O. The van der Waals surface area contributed by atoms with E-state index in [0.717, 1.165) is 13.0 Å². The van der Waals surface area contributed by atoms with Gasteiger partial charge in [-0.15, -0.1) is 24.8 Å². The zero-order chi connectivity index (χ0) is 17.0. The minimum atomic E-state index is -2.79. The zero-order valence-corrected chi connectivity index (χ0v) is 16.3. The van der Waals surface area contributed by atoms with Crippen molar-refractivity contribution < 1.29 is 13.6 Å². The lowest BCUT2D eigenvalue weighted by atomic mass is 10.1. The highest BCUT2D eigenvalue weighted by Crippen LogP contribution is 2.25. The van der Waals surface area contributed by atoms with Crippen LogP contribution in [-0.4, -0.2) is 49.0 Å². The number of hydrogen-bond donors (Lipinski definition) is 2. The van der Waals surface area contributed by atoms with Gasteiger partial charge in [0.2, 0.25) is 5.91 Å². The van der Waals surface area contributed by atoms with Gasteiger partial charge in [0.15, 0.2) is 0 Å². The van der Waals surface area contributed by atoms with Crippen LogP contribution in [0.25, 0.3) is 0 Å². The van der Waals surface area contributed by atoms with E-state index in [1.807, 2.05) is 24.3 Å². The molecule has 0 spiro atoms. The van der Waals surface area contributed by atoms with Gasteiger partial charge in [-0.3, -0.25) is 10.1 Å². The number of anilines is 1. The predicted molar refractivity (Wildman–Crippen MR) is 105 cm³/mol. The molecule has 0 aromatic heterocycles. The van der Waals surface area contributed by atoms with Gasteiger partial charge in [-0.2, -0.15) is 0 Å². The summed E-state index contributed by atoms with van der Waals surface area (Å²) in [6.07, 6.45) is 4.47. The Bertz CT molecular complexity index is 566. The highest BCUT2D eigenvalue weighted by molar-refractivity contribution is 5.95. The molecule has 1 amide bonds. The molecule has 3 rings (SSSR count). The number of nitrogens with one attached hydrogen (secondary N) is 2. The summed E-state index contributed by atoms with van der Waals surface area (Å²) >= 11 is 0. The Morgan fingerprint density at radius 3 is 2.38 bits per heavy atom. The first-order valence-electron chi connectivity index (χ1n) is 8.75. The zero-order valence-electron chi connectivity index (χ0n) is 14.7. The van der Waals surface area contributed by atoms with E-state index in [1.54, 1.807) is 0 Å². The monoisotopic (exact) mass is 409 g/mol. The fraction of sp³-hybridized carbons (Fsp3) is 0.611. The van der Waals surface area contributed by atoms with Crippen LogP contribution in [0.3, 0.4) is 0 Å². The van der Waals surface area contributed by atoms with Crippen LogP contribution in [0.1, 0.15) is 31.2 Å². The molecule has 2 saturated heterocycles. The Kier molecular flexibility index (Phi) is 9.24. The van der Waals surface area contributed by atoms with Crippen LogP contribution in [0.2, 0.25) is 0 Å². The van der Waals surface area contributed by atoms with Gasteiger partial charge in [0.05, 0.1) is 12.6 Å². The maximum absolute atomic E-state index is 13.1. The second kappa shape index (κ2) is 10.4. The van der Waals surface area contributed by atoms with Crippen molar-refractivity contribution in [3.63, 3.8) is 0 Å². The standard InChI is InChI=1S/C18H25F2N3O.2ClH/c19-18(20)12-16(21-13-18)17(24)22-15-6-4-14(5-7-15)8-11-23-9-2-1-3-10-23;;/h4-7,16,21H,1-3,8-13H2,(H,22,24);2*1H. The lowest BCUT2D eigenvalue weighted by Gasteiger charge is -2.26. The lowest BCUT2D eigenvalue weighted by Crippen LogP contribution is -2.35. The summed E-state index contributed by atoms with van der Waals surface area (Å²) in [4.78, 5) is 14.5. The van der Waals surface area contributed by atoms with Crippen molar-refractivity contribution in [3.05, 3.63) is 29.8 Å². The lowest BCUT2D eigenvalue weighted by molar-refractivity contribution is -0.118. The van der Waals surface area contributed by atoms with E-state index in [1.165, 1.54) is 37.9 Å². The first-order valence-corrected chi connectivity index (χ1v) is 8.75. The number of benzene rings is 1. The van der Waals surface area contributed by atoms with E-state index < -0.39 is 30.8 Å². The molecule has 148 valence electrons. The molecule has 1 unspecified atom stereocenters. The van der Waals surface area contributed by atoms with Crippen LogP contribution in [0.4, 0.5) is 14.5 Å². The second-order valence-corrected chi connectivity index (χ2v) is 6.83. The molecular weight excluding hydrogens is 383 g/mol. The fourth-order valence-corrected chi connectivity index (χ4v) is 3.36. The van der Waals surface area contributed by atoms with Crippen molar-refractivity contribution in [2.24, 2.45) is 0 Å². The number of hydrogen-bond acceptors (Lipinski definition) is 3. The predicted octanol–water partition coefficient (Wildman–Crippen LogP) is 3.49. The van der Waals surface area contributed by atoms with E-state index in [-0.39, 0.29) is 24.8 Å². The number of carbonyl (C=O) groups is 1. The molecule has 0 saturated carbocycles. The fourth-order valence-electron chi connectivity index (χ4n) is 3.36. The number of amides is 1. The Hall–Kier alpha value is -0.950.